The predicted octanol–water partition coefficient (Wildman–Crippen LogP) is 9.12. The molecule has 0 saturated carbocycles. The van der Waals surface area contributed by atoms with Gasteiger partial charge in [-0.05, 0) is 114 Å². The topological polar surface area (TPSA) is 145 Å². The Balaban J connectivity index is 1.46. The minimum absolute atomic E-state index is 0.0197. The van der Waals surface area contributed by atoms with Gasteiger partial charge in [0.25, 0.3) is 0 Å². The van der Waals surface area contributed by atoms with Gasteiger partial charge >= 0.3 is 6.09 Å². The lowest BCUT2D eigenvalue weighted by molar-refractivity contribution is -0.251. The first-order valence-electron chi connectivity index (χ1n) is 23.1. The largest absolute Gasteiger partial charge is 0.445 e. The van der Waals surface area contributed by atoms with Crippen LogP contribution in [0.3, 0.4) is 0 Å². The summed E-state index contributed by atoms with van der Waals surface area (Å²) in [5.74, 6) is -1.22. The number of allylic oxidation sites excluding steroid dienone is 1. The van der Waals surface area contributed by atoms with Crippen LogP contribution in [0.1, 0.15) is 131 Å². The first kappa shape index (κ1) is 50.3. The molecule has 2 aromatic rings. The summed E-state index contributed by atoms with van der Waals surface area (Å²) < 4.78 is 5.36. The van der Waals surface area contributed by atoms with Crippen molar-refractivity contribution in [1.82, 2.24) is 20.6 Å². The number of alkyl carbamates (subject to hydrolysis) is 1. The minimum atomic E-state index is -0.840. The van der Waals surface area contributed by atoms with Gasteiger partial charge in [-0.2, -0.15) is 5.06 Å². The van der Waals surface area contributed by atoms with Crippen molar-refractivity contribution in [2.24, 2.45) is 35.5 Å². The number of piperidine rings is 1. The highest BCUT2D eigenvalue weighted by Crippen LogP contribution is 2.41. The summed E-state index contributed by atoms with van der Waals surface area (Å²) in [4.78, 5) is 71.3. The molecule has 5 atom stereocenters. The third-order valence-electron chi connectivity index (χ3n) is 12.7. The molecule has 2 aromatic carbocycles. The maximum absolute atomic E-state index is 14.4. The Hall–Kier alpha value is -4.35. The quantitative estimate of drug-likeness (QED) is 0.0786. The number of carbonyl (C=O) groups is 5. The van der Waals surface area contributed by atoms with Crippen LogP contribution < -0.4 is 10.6 Å². The van der Waals surface area contributed by atoms with Crippen LogP contribution in [-0.2, 0) is 36.9 Å². The number of ketones is 2. The summed E-state index contributed by atoms with van der Waals surface area (Å²) in [6, 6.07) is 17.9. The molecule has 2 saturated heterocycles. The molecule has 2 fully saturated rings. The molecule has 0 spiro atoms. The number of Topliss-reactive ketones (excluding diaryl/α,β-unsaturated/α-hetero) is 2. The summed E-state index contributed by atoms with van der Waals surface area (Å²) in [5, 5.41) is 18.1. The second kappa shape index (κ2) is 23.4. The highest BCUT2D eigenvalue weighted by molar-refractivity contribution is 5.95. The maximum atomic E-state index is 14.4. The van der Waals surface area contributed by atoms with Crippen molar-refractivity contribution in [2.75, 3.05) is 13.1 Å². The third-order valence-corrected chi connectivity index (χ3v) is 12.7. The van der Waals surface area contributed by atoms with Crippen LogP contribution in [-0.4, -0.2) is 80.9 Å². The van der Waals surface area contributed by atoms with Crippen LogP contribution in [0.4, 0.5) is 4.79 Å². The van der Waals surface area contributed by atoms with E-state index < -0.39 is 41.1 Å². The number of rotatable bonds is 22. The van der Waals surface area contributed by atoms with Crippen LogP contribution in [0, 0.1) is 35.5 Å². The molecule has 2 aliphatic heterocycles. The molecule has 0 radical (unpaired) electrons. The van der Waals surface area contributed by atoms with E-state index >= 15 is 0 Å². The van der Waals surface area contributed by atoms with Crippen LogP contribution in [0.15, 0.2) is 72.8 Å². The average Bonchev–Trinajstić information content (AvgIpc) is 3.71. The molecule has 62 heavy (non-hydrogen) atoms. The standard InChI is InChI=1S/C51H76N4O7/c1-35(2)28-37(5)24-25-41(29-38-18-12-10-13-19-38)48(59)54-27-17-23-44(54)46(57)31-42(36(3)4)47(58)53-43(22-16-26-52-49(60)62-34-39-20-14-11-15-21-39)45(56)30-40-32-50(6,7)55(61)51(8,9)33-40/h10-15,18-21,24-25,35-37,40-44,61H,16-17,22-23,26-34H2,1-9H3,(H,52,60)(H,53,58)/b25-24+/t37-,41-,42+,43+,44-/m1/s1. The lowest BCUT2D eigenvalue weighted by Crippen LogP contribution is -2.59. The van der Waals surface area contributed by atoms with E-state index in [1.165, 1.54) is 5.06 Å². The summed E-state index contributed by atoms with van der Waals surface area (Å²) in [5.41, 5.74) is 0.835. The molecule has 3 N–H and O–H groups in total. The van der Waals surface area contributed by atoms with Crippen LogP contribution in [0.25, 0.3) is 0 Å². The lowest BCUT2D eigenvalue weighted by Gasteiger charge is -2.51. The normalized spacial score (nSPS) is 19.9. The number of carbonyl (C=O) groups excluding carboxylic acids is 5. The van der Waals surface area contributed by atoms with Gasteiger partial charge in [0.2, 0.25) is 11.8 Å². The molecule has 11 heteroatoms. The van der Waals surface area contributed by atoms with E-state index in [2.05, 4.69) is 37.5 Å². The molecule has 2 heterocycles. The zero-order valence-electron chi connectivity index (χ0n) is 39.0. The Kier molecular flexibility index (Phi) is 19.0. The Morgan fingerprint density at radius 1 is 0.871 bits per heavy atom. The number of nitrogens with zero attached hydrogens (tertiary/aromatic N) is 2. The second-order valence-electron chi connectivity index (χ2n) is 20.1. The minimum Gasteiger partial charge on any atom is -0.445 e. The summed E-state index contributed by atoms with van der Waals surface area (Å²) >= 11 is 0. The molecule has 0 aliphatic carbocycles. The Labute approximate surface area is 371 Å². The van der Waals surface area contributed by atoms with E-state index in [1.807, 2.05) is 108 Å². The number of nitrogens with one attached hydrogen (secondary N) is 2. The number of likely N-dealkylation sites (tertiary alicyclic amines) is 1. The highest BCUT2D eigenvalue weighted by Gasteiger charge is 2.46. The van der Waals surface area contributed by atoms with Gasteiger partial charge in [-0.1, -0.05) is 107 Å². The monoisotopic (exact) mass is 857 g/mol. The van der Waals surface area contributed by atoms with Gasteiger partial charge in [0.05, 0.1) is 18.0 Å². The van der Waals surface area contributed by atoms with Gasteiger partial charge in [0.1, 0.15) is 6.61 Å². The van der Waals surface area contributed by atoms with Gasteiger partial charge in [0, 0.05) is 42.9 Å². The van der Waals surface area contributed by atoms with Crippen molar-refractivity contribution >= 4 is 29.5 Å². The number of hydroxylamine groups is 2. The summed E-state index contributed by atoms with van der Waals surface area (Å²) in [6.07, 6.45) is 8.47. The molecule has 11 nitrogen and oxygen atoms in total. The number of hydrogen-bond donors (Lipinski definition) is 3. The Bertz CT molecular complexity index is 1780. The van der Waals surface area contributed by atoms with E-state index in [0.29, 0.717) is 56.9 Å². The fraction of sp³-hybridized carbons (Fsp3) is 0.627. The van der Waals surface area contributed by atoms with Crippen molar-refractivity contribution in [2.45, 2.75) is 156 Å². The van der Waals surface area contributed by atoms with E-state index in [4.69, 9.17) is 4.74 Å². The smallest absolute Gasteiger partial charge is 0.407 e. The molecule has 0 unspecified atom stereocenters. The van der Waals surface area contributed by atoms with E-state index in [0.717, 1.165) is 17.5 Å². The first-order valence-corrected chi connectivity index (χ1v) is 23.1. The van der Waals surface area contributed by atoms with Crippen molar-refractivity contribution in [3.05, 3.63) is 83.9 Å². The summed E-state index contributed by atoms with van der Waals surface area (Å²) in [7, 11) is 0. The fourth-order valence-corrected chi connectivity index (χ4v) is 9.73. The number of amides is 3. The van der Waals surface area contributed by atoms with E-state index in [-0.39, 0.29) is 67.6 Å². The van der Waals surface area contributed by atoms with Crippen LogP contribution in [0.2, 0.25) is 0 Å². The second-order valence-corrected chi connectivity index (χ2v) is 20.1. The van der Waals surface area contributed by atoms with Crippen molar-refractivity contribution in [1.29, 1.82) is 0 Å². The van der Waals surface area contributed by atoms with Gasteiger partial charge in [-0.3, -0.25) is 19.2 Å². The van der Waals surface area contributed by atoms with Gasteiger partial charge in [0.15, 0.2) is 11.6 Å². The molecule has 0 bridgehead atoms. The number of ether oxygens (including phenoxy) is 1. The summed E-state index contributed by atoms with van der Waals surface area (Å²) in [6.45, 7) is 19.1. The SMILES string of the molecule is CC(C)C[C@H](C)/C=C/[C@H](Cc1ccccc1)C(=O)N1CCC[C@@H]1C(=O)C[C@H](C(=O)N[C@@H](CCCNC(=O)OCc1ccccc1)C(=O)CC1CC(C)(C)N(O)C(C)(C)C1)C(C)C. The van der Waals surface area contributed by atoms with Crippen molar-refractivity contribution in [3.8, 4) is 0 Å². The van der Waals surface area contributed by atoms with E-state index in [1.54, 1.807) is 4.90 Å². The first-order chi connectivity index (χ1) is 29.3. The van der Waals surface area contributed by atoms with Gasteiger partial charge < -0.3 is 25.5 Å². The molecular formula is C51H76N4O7. The zero-order chi connectivity index (χ0) is 45.6. The highest BCUT2D eigenvalue weighted by atomic mass is 16.5. The Morgan fingerprint density at radius 2 is 1.48 bits per heavy atom. The van der Waals surface area contributed by atoms with E-state index in [9.17, 15) is 29.2 Å². The van der Waals surface area contributed by atoms with Crippen molar-refractivity contribution < 1.29 is 33.9 Å². The van der Waals surface area contributed by atoms with Crippen LogP contribution >= 0.6 is 0 Å². The molecule has 342 valence electrons. The molecule has 0 aromatic heterocycles. The fourth-order valence-electron chi connectivity index (χ4n) is 9.73. The average molecular weight is 857 g/mol. The number of hydrogen-bond acceptors (Lipinski definition) is 8. The van der Waals surface area contributed by atoms with Crippen LogP contribution in [0.5, 0.6) is 0 Å². The molecule has 2 aliphatic rings. The third kappa shape index (κ3) is 15.2. The lowest BCUT2D eigenvalue weighted by atomic mass is 9.73. The maximum Gasteiger partial charge on any atom is 0.407 e. The predicted molar refractivity (Wildman–Crippen MR) is 244 cm³/mol. The number of benzene rings is 2. The molecule has 4 rings (SSSR count). The molecular weight excluding hydrogens is 781 g/mol. The zero-order valence-corrected chi connectivity index (χ0v) is 39.0. The van der Waals surface area contributed by atoms with Crippen molar-refractivity contribution in [3.63, 3.8) is 0 Å². The van der Waals surface area contributed by atoms with Gasteiger partial charge in [-0.15, -0.1) is 0 Å². The Morgan fingerprint density at radius 3 is 2.08 bits per heavy atom. The van der Waals surface area contributed by atoms with Gasteiger partial charge in [-0.25, -0.2) is 4.79 Å². The molecule has 3 amide bonds.